The molecule has 7 nitrogen and oxygen atoms in total. The van der Waals surface area contributed by atoms with Crippen molar-refractivity contribution in [3.63, 3.8) is 0 Å². The van der Waals surface area contributed by atoms with Crippen molar-refractivity contribution >= 4 is 0 Å². The first kappa shape index (κ1) is 30.7. The molecule has 0 radical (unpaired) electrons. The number of ether oxygens (including phenoxy) is 3. The smallest absolute Gasteiger partial charge is 0.0921 e. The standard InChI is InChI=1S/C30H52O7/c1-25(2,31)15-9-17-27(5,33)21-13-19-29(7,36-21)23-11-12-24(35-23)30(8)20-14-22(37-30)28(6,34)18-10-16-26(3,4)32/h9-10,15-16,21-24,31-34H,11-14,17-20H2,1-8H3. The second kappa shape index (κ2) is 10.6. The van der Waals surface area contributed by atoms with Gasteiger partial charge in [-0.05, 0) is 107 Å². The Hall–Kier alpha value is -0.800. The van der Waals surface area contributed by atoms with E-state index >= 15 is 0 Å². The first-order valence-corrected chi connectivity index (χ1v) is 14.0. The molecule has 8 atom stereocenters. The quantitative estimate of drug-likeness (QED) is 0.315. The van der Waals surface area contributed by atoms with Crippen molar-refractivity contribution in [3.05, 3.63) is 24.3 Å². The van der Waals surface area contributed by atoms with Crippen LogP contribution in [-0.4, -0.2) is 78.4 Å². The maximum atomic E-state index is 11.1. The molecule has 3 fully saturated rings. The lowest BCUT2D eigenvalue weighted by atomic mass is 9.89. The fourth-order valence-corrected chi connectivity index (χ4v) is 6.04. The van der Waals surface area contributed by atoms with Gasteiger partial charge in [0.2, 0.25) is 0 Å². The van der Waals surface area contributed by atoms with Crippen molar-refractivity contribution in [1.29, 1.82) is 0 Å². The van der Waals surface area contributed by atoms with Crippen molar-refractivity contribution in [1.82, 2.24) is 0 Å². The zero-order valence-electron chi connectivity index (χ0n) is 24.3. The summed E-state index contributed by atoms with van der Waals surface area (Å²) < 4.78 is 19.6. The van der Waals surface area contributed by atoms with Crippen LogP contribution in [-0.2, 0) is 14.2 Å². The van der Waals surface area contributed by atoms with E-state index in [2.05, 4.69) is 13.8 Å². The molecule has 3 rings (SSSR count). The molecule has 0 aromatic heterocycles. The monoisotopic (exact) mass is 524 g/mol. The molecule has 0 aromatic rings. The maximum Gasteiger partial charge on any atom is 0.0921 e. The van der Waals surface area contributed by atoms with Crippen molar-refractivity contribution in [2.45, 2.75) is 165 Å². The molecule has 0 bridgehead atoms. The maximum absolute atomic E-state index is 11.1. The second-order valence-electron chi connectivity index (χ2n) is 13.8. The van der Waals surface area contributed by atoms with Gasteiger partial charge in [-0.2, -0.15) is 0 Å². The van der Waals surface area contributed by atoms with Crippen LogP contribution in [0.1, 0.15) is 107 Å². The van der Waals surface area contributed by atoms with E-state index in [4.69, 9.17) is 14.2 Å². The van der Waals surface area contributed by atoms with Crippen LogP contribution in [0.4, 0.5) is 0 Å². The van der Waals surface area contributed by atoms with Gasteiger partial charge >= 0.3 is 0 Å². The van der Waals surface area contributed by atoms with E-state index in [1.54, 1.807) is 53.7 Å². The highest BCUT2D eigenvalue weighted by Crippen LogP contribution is 2.48. The average Bonchev–Trinajstić information content (AvgIpc) is 3.45. The minimum Gasteiger partial charge on any atom is -0.387 e. The average molecular weight is 525 g/mol. The Bertz CT molecular complexity index is 766. The Labute approximate surface area is 223 Å². The van der Waals surface area contributed by atoms with Crippen LogP contribution in [0.25, 0.3) is 0 Å². The van der Waals surface area contributed by atoms with E-state index in [1.807, 2.05) is 12.2 Å². The molecule has 7 heteroatoms. The van der Waals surface area contributed by atoms with Crippen LogP contribution in [0.3, 0.4) is 0 Å². The van der Waals surface area contributed by atoms with Gasteiger partial charge in [-0.3, -0.25) is 0 Å². The highest BCUT2D eigenvalue weighted by Gasteiger charge is 2.55. The summed E-state index contributed by atoms with van der Waals surface area (Å²) in [6, 6.07) is 0. The summed E-state index contributed by atoms with van der Waals surface area (Å²) in [5, 5.41) is 42.0. The van der Waals surface area contributed by atoms with Crippen LogP contribution < -0.4 is 0 Å². The zero-order valence-corrected chi connectivity index (χ0v) is 24.3. The van der Waals surface area contributed by atoms with Gasteiger partial charge < -0.3 is 34.6 Å². The van der Waals surface area contributed by atoms with E-state index in [0.29, 0.717) is 12.8 Å². The van der Waals surface area contributed by atoms with Gasteiger partial charge in [0.05, 0.1) is 58.0 Å². The van der Waals surface area contributed by atoms with E-state index in [1.165, 1.54) is 0 Å². The predicted octanol–water partition coefficient (Wildman–Crippen LogP) is 4.35. The summed E-state index contributed by atoms with van der Waals surface area (Å²) in [7, 11) is 0. The molecule has 0 amide bonds. The number of aliphatic hydroxyl groups is 4. The van der Waals surface area contributed by atoms with Gasteiger partial charge in [-0.1, -0.05) is 24.3 Å². The van der Waals surface area contributed by atoms with E-state index in [9.17, 15) is 20.4 Å². The summed E-state index contributed by atoms with van der Waals surface area (Å²) >= 11 is 0. The third-order valence-electron chi connectivity index (χ3n) is 8.51. The SMILES string of the molecule is CC(C)(O)C=CCC(C)(O)C1CCC(C)(C2CCC(C3(C)CCC(C(C)(O)CC=CC(C)(C)O)O3)O2)O1. The van der Waals surface area contributed by atoms with Crippen molar-refractivity contribution in [2.75, 3.05) is 0 Å². The normalized spacial score (nSPS) is 39.0. The van der Waals surface area contributed by atoms with Gasteiger partial charge in [-0.25, -0.2) is 0 Å². The molecule has 214 valence electrons. The van der Waals surface area contributed by atoms with Gasteiger partial charge in [-0.15, -0.1) is 0 Å². The van der Waals surface area contributed by atoms with E-state index in [0.717, 1.165) is 38.5 Å². The Morgan fingerprint density at radius 3 is 1.32 bits per heavy atom. The third-order valence-corrected chi connectivity index (χ3v) is 8.51. The molecule has 0 saturated carbocycles. The summed E-state index contributed by atoms with van der Waals surface area (Å²) in [5.74, 6) is 0. The molecule has 3 saturated heterocycles. The molecule has 8 unspecified atom stereocenters. The van der Waals surface area contributed by atoms with E-state index in [-0.39, 0.29) is 24.4 Å². The number of rotatable bonds is 10. The van der Waals surface area contributed by atoms with Crippen molar-refractivity contribution < 1.29 is 34.6 Å². The minimum absolute atomic E-state index is 0.0834. The van der Waals surface area contributed by atoms with Crippen LogP contribution >= 0.6 is 0 Å². The van der Waals surface area contributed by atoms with Gasteiger partial charge in [0.15, 0.2) is 0 Å². The molecular formula is C30H52O7. The summed E-state index contributed by atoms with van der Waals surface area (Å²) in [6.07, 6.45) is 11.9. The van der Waals surface area contributed by atoms with Gasteiger partial charge in [0, 0.05) is 0 Å². The molecule has 0 aromatic carbocycles. The summed E-state index contributed by atoms with van der Waals surface area (Å²) in [5.41, 5.74) is -4.85. The Morgan fingerprint density at radius 1 is 0.649 bits per heavy atom. The Balaban J connectivity index is 1.57. The van der Waals surface area contributed by atoms with Gasteiger partial charge in [0.1, 0.15) is 0 Å². The number of hydrogen-bond donors (Lipinski definition) is 4. The van der Waals surface area contributed by atoms with Crippen molar-refractivity contribution in [3.8, 4) is 0 Å². The Morgan fingerprint density at radius 2 is 1.00 bits per heavy atom. The van der Waals surface area contributed by atoms with Crippen molar-refractivity contribution in [2.24, 2.45) is 0 Å². The molecule has 3 aliphatic heterocycles. The zero-order chi connectivity index (χ0) is 27.9. The molecule has 3 heterocycles. The fourth-order valence-electron chi connectivity index (χ4n) is 6.04. The predicted molar refractivity (Wildman–Crippen MR) is 144 cm³/mol. The van der Waals surface area contributed by atoms with Crippen LogP contribution in [0.2, 0.25) is 0 Å². The van der Waals surface area contributed by atoms with Crippen LogP contribution in [0, 0.1) is 0 Å². The summed E-state index contributed by atoms with van der Waals surface area (Å²) in [4.78, 5) is 0. The second-order valence-corrected chi connectivity index (χ2v) is 13.8. The fraction of sp³-hybridized carbons (Fsp3) is 0.867. The topological polar surface area (TPSA) is 109 Å². The minimum atomic E-state index is -1.03. The molecular weight excluding hydrogens is 472 g/mol. The number of hydrogen-bond acceptors (Lipinski definition) is 7. The molecule has 3 aliphatic rings. The molecule has 0 aliphatic carbocycles. The van der Waals surface area contributed by atoms with Crippen LogP contribution in [0.5, 0.6) is 0 Å². The Kier molecular flexibility index (Phi) is 8.84. The first-order chi connectivity index (χ1) is 16.7. The van der Waals surface area contributed by atoms with E-state index < -0.39 is 33.6 Å². The molecule has 4 N–H and O–H groups in total. The largest absolute Gasteiger partial charge is 0.387 e. The summed E-state index contributed by atoms with van der Waals surface area (Å²) in [6.45, 7) is 14.6. The lowest BCUT2D eigenvalue weighted by Crippen LogP contribution is -2.47. The molecule has 0 spiro atoms. The first-order valence-electron chi connectivity index (χ1n) is 14.0. The lowest BCUT2D eigenvalue weighted by molar-refractivity contribution is -0.198. The third kappa shape index (κ3) is 7.87. The molecule has 37 heavy (non-hydrogen) atoms. The van der Waals surface area contributed by atoms with Gasteiger partial charge in [0.25, 0.3) is 0 Å². The lowest BCUT2D eigenvalue weighted by Gasteiger charge is -2.38. The van der Waals surface area contributed by atoms with Crippen LogP contribution in [0.15, 0.2) is 24.3 Å². The highest BCUT2D eigenvalue weighted by atomic mass is 16.6. The highest BCUT2D eigenvalue weighted by molar-refractivity contribution is 5.07.